The second-order valence-electron chi connectivity index (χ2n) is 4.92. The van der Waals surface area contributed by atoms with Gasteiger partial charge in [-0.3, -0.25) is 14.9 Å². The van der Waals surface area contributed by atoms with E-state index in [2.05, 4.69) is 0 Å². The minimum atomic E-state index is -1.69. The molecule has 8 heteroatoms. The summed E-state index contributed by atoms with van der Waals surface area (Å²) in [4.78, 5) is 25.2. The lowest BCUT2D eigenvalue weighted by Gasteiger charge is -2.21. The van der Waals surface area contributed by atoms with E-state index in [1.807, 2.05) is 0 Å². The molecule has 1 unspecified atom stereocenters. The fourth-order valence-electron chi connectivity index (χ4n) is 2.52. The van der Waals surface area contributed by atoms with Gasteiger partial charge in [0.25, 0.3) is 11.6 Å². The molecule has 0 saturated heterocycles. The first-order valence-corrected chi connectivity index (χ1v) is 8.00. The lowest BCUT2D eigenvalue weighted by molar-refractivity contribution is -0.385. The molecular formula is C15H13N3O4S. The van der Waals surface area contributed by atoms with Gasteiger partial charge < -0.3 is 10.6 Å². The number of hydrogen-bond donors (Lipinski definition) is 1. The molecule has 1 heterocycles. The van der Waals surface area contributed by atoms with Gasteiger partial charge in [-0.05, 0) is 18.2 Å². The third-order valence-corrected chi connectivity index (χ3v) is 5.04. The molecule has 0 bridgehead atoms. The molecule has 0 radical (unpaired) electrons. The maximum absolute atomic E-state index is 12.9. The number of hydrogen-bond acceptors (Lipinski definition) is 5. The Morgan fingerprint density at radius 1 is 1.17 bits per heavy atom. The smallest absolute Gasteiger partial charge is 0.270 e. The molecule has 1 aliphatic rings. The highest BCUT2D eigenvalue weighted by Crippen LogP contribution is 2.36. The van der Waals surface area contributed by atoms with Gasteiger partial charge >= 0.3 is 0 Å². The fourth-order valence-corrected chi connectivity index (χ4v) is 3.91. The van der Waals surface area contributed by atoms with Crippen molar-refractivity contribution in [3.63, 3.8) is 0 Å². The Bertz CT molecular complexity index is 837. The molecular weight excluding hydrogens is 318 g/mol. The molecule has 1 amide bonds. The zero-order chi connectivity index (χ0) is 16.6. The van der Waals surface area contributed by atoms with Crippen molar-refractivity contribution >= 4 is 28.1 Å². The van der Waals surface area contributed by atoms with Crippen molar-refractivity contribution in [2.24, 2.45) is 5.73 Å². The van der Waals surface area contributed by atoms with E-state index in [-0.39, 0.29) is 29.6 Å². The zero-order valence-electron chi connectivity index (χ0n) is 12.0. The molecule has 0 spiro atoms. The SMILES string of the molecule is NCCN1C(=O)c2ccccc2S(=O)c2cc([N+](=O)[O-])ccc21. The van der Waals surface area contributed by atoms with E-state index >= 15 is 0 Å². The predicted molar refractivity (Wildman–Crippen MR) is 84.9 cm³/mol. The summed E-state index contributed by atoms with van der Waals surface area (Å²) in [5, 5.41) is 11.0. The Kier molecular flexibility index (Phi) is 3.93. The van der Waals surface area contributed by atoms with E-state index in [1.54, 1.807) is 24.3 Å². The van der Waals surface area contributed by atoms with Crippen LogP contribution in [0, 0.1) is 10.1 Å². The number of nitro groups is 1. The second kappa shape index (κ2) is 5.90. The average Bonchev–Trinajstić information content (AvgIpc) is 2.65. The van der Waals surface area contributed by atoms with Crippen LogP contribution in [0.1, 0.15) is 10.4 Å². The van der Waals surface area contributed by atoms with Gasteiger partial charge in [-0.25, -0.2) is 4.21 Å². The maximum atomic E-state index is 12.9. The highest BCUT2D eigenvalue weighted by Gasteiger charge is 2.31. The van der Waals surface area contributed by atoms with Crippen LogP contribution in [0.4, 0.5) is 11.4 Å². The lowest BCUT2D eigenvalue weighted by Crippen LogP contribution is -2.35. The highest BCUT2D eigenvalue weighted by atomic mass is 32.2. The van der Waals surface area contributed by atoms with Gasteiger partial charge in [-0.1, -0.05) is 12.1 Å². The van der Waals surface area contributed by atoms with Crippen molar-refractivity contribution in [2.45, 2.75) is 9.79 Å². The van der Waals surface area contributed by atoms with Gasteiger partial charge in [-0.15, -0.1) is 0 Å². The summed E-state index contributed by atoms with van der Waals surface area (Å²) in [7, 11) is -1.69. The summed E-state index contributed by atoms with van der Waals surface area (Å²) in [6.07, 6.45) is 0. The Morgan fingerprint density at radius 2 is 1.91 bits per heavy atom. The summed E-state index contributed by atoms with van der Waals surface area (Å²) < 4.78 is 12.9. The number of nitrogens with zero attached hydrogens (tertiary/aromatic N) is 2. The largest absolute Gasteiger partial charge is 0.329 e. The molecule has 2 aromatic carbocycles. The monoisotopic (exact) mass is 331 g/mol. The standard InChI is InChI=1S/C15H13N3O4S/c16-7-8-17-12-6-5-10(18(20)21)9-14(12)23(22)13-4-2-1-3-11(13)15(17)19/h1-6,9H,7-8,16H2. The van der Waals surface area contributed by atoms with E-state index in [0.29, 0.717) is 16.1 Å². The molecule has 23 heavy (non-hydrogen) atoms. The molecule has 0 aromatic heterocycles. The Hall–Kier alpha value is -2.58. The van der Waals surface area contributed by atoms with Crippen LogP contribution in [-0.4, -0.2) is 28.1 Å². The fraction of sp³-hybridized carbons (Fsp3) is 0.133. The van der Waals surface area contributed by atoms with E-state index < -0.39 is 15.7 Å². The van der Waals surface area contributed by atoms with E-state index in [9.17, 15) is 19.1 Å². The van der Waals surface area contributed by atoms with Crippen LogP contribution in [0.5, 0.6) is 0 Å². The van der Waals surface area contributed by atoms with Gasteiger partial charge in [0.15, 0.2) is 0 Å². The number of rotatable bonds is 3. The molecule has 2 N–H and O–H groups in total. The van der Waals surface area contributed by atoms with Crippen LogP contribution < -0.4 is 10.6 Å². The molecule has 0 saturated carbocycles. The van der Waals surface area contributed by atoms with Crippen LogP contribution >= 0.6 is 0 Å². The number of fused-ring (bicyclic) bond motifs is 2. The van der Waals surface area contributed by atoms with Crippen LogP contribution in [0.25, 0.3) is 0 Å². The van der Waals surface area contributed by atoms with Gasteiger partial charge in [0.2, 0.25) is 0 Å². The van der Waals surface area contributed by atoms with Crippen molar-refractivity contribution < 1.29 is 13.9 Å². The van der Waals surface area contributed by atoms with Crippen molar-refractivity contribution in [3.8, 4) is 0 Å². The third kappa shape index (κ3) is 2.51. The Balaban J connectivity index is 2.29. The number of carbonyl (C=O) groups excluding carboxylic acids is 1. The molecule has 1 atom stereocenters. The minimum absolute atomic E-state index is 0.170. The third-order valence-electron chi connectivity index (χ3n) is 3.56. The first kappa shape index (κ1) is 15.3. The number of benzene rings is 2. The number of nitrogens with two attached hydrogens (primary N) is 1. The molecule has 0 aliphatic carbocycles. The zero-order valence-corrected chi connectivity index (χ0v) is 12.8. The molecule has 7 nitrogen and oxygen atoms in total. The lowest BCUT2D eigenvalue weighted by atomic mass is 10.1. The first-order valence-electron chi connectivity index (χ1n) is 6.85. The van der Waals surface area contributed by atoms with Crippen LogP contribution in [0.15, 0.2) is 52.3 Å². The topological polar surface area (TPSA) is 107 Å². The maximum Gasteiger partial charge on any atom is 0.270 e. The quantitative estimate of drug-likeness (QED) is 0.680. The number of anilines is 1. The average molecular weight is 331 g/mol. The van der Waals surface area contributed by atoms with E-state index in [0.717, 1.165) is 0 Å². The number of nitro benzene ring substituents is 1. The summed E-state index contributed by atoms with van der Waals surface area (Å²) in [5.41, 5.74) is 6.12. The normalized spacial score (nSPS) is 16.5. The summed E-state index contributed by atoms with van der Waals surface area (Å²) in [6.45, 7) is 0.451. The van der Waals surface area contributed by atoms with Gasteiger partial charge in [0.05, 0.1) is 36.8 Å². The molecule has 3 rings (SSSR count). The molecule has 2 aromatic rings. The Morgan fingerprint density at radius 3 is 2.61 bits per heavy atom. The molecule has 118 valence electrons. The molecule has 0 fully saturated rings. The first-order chi connectivity index (χ1) is 11.0. The van der Waals surface area contributed by atoms with Crippen molar-refractivity contribution in [1.82, 2.24) is 0 Å². The van der Waals surface area contributed by atoms with E-state index in [1.165, 1.54) is 23.1 Å². The van der Waals surface area contributed by atoms with Crippen molar-refractivity contribution in [3.05, 3.63) is 58.1 Å². The van der Waals surface area contributed by atoms with Crippen LogP contribution in [0.3, 0.4) is 0 Å². The van der Waals surface area contributed by atoms with Crippen LogP contribution in [0.2, 0.25) is 0 Å². The van der Waals surface area contributed by atoms with Crippen molar-refractivity contribution in [1.29, 1.82) is 0 Å². The Labute approximate surface area is 134 Å². The van der Waals surface area contributed by atoms with Gasteiger partial charge in [-0.2, -0.15) is 0 Å². The summed E-state index contributed by atoms with van der Waals surface area (Å²) in [6, 6.07) is 10.6. The highest BCUT2D eigenvalue weighted by molar-refractivity contribution is 7.85. The number of carbonyl (C=O) groups is 1. The predicted octanol–water partition coefficient (Wildman–Crippen LogP) is 1.68. The number of amides is 1. The van der Waals surface area contributed by atoms with Gasteiger partial charge in [0, 0.05) is 25.2 Å². The molecule has 1 aliphatic heterocycles. The summed E-state index contributed by atoms with van der Waals surface area (Å²) in [5.74, 6) is -0.313. The van der Waals surface area contributed by atoms with Crippen LogP contribution in [-0.2, 0) is 10.8 Å². The summed E-state index contributed by atoms with van der Waals surface area (Å²) >= 11 is 0. The minimum Gasteiger partial charge on any atom is -0.329 e. The van der Waals surface area contributed by atoms with Gasteiger partial charge in [0.1, 0.15) is 0 Å². The van der Waals surface area contributed by atoms with Crippen molar-refractivity contribution in [2.75, 3.05) is 18.0 Å². The van der Waals surface area contributed by atoms with E-state index in [4.69, 9.17) is 5.73 Å². The second-order valence-corrected chi connectivity index (χ2v) is 6.34. The number of non-ortho nitro benzene ring substituents is 1.